The Morgan fingerprint density at radius 1 is 1.16 bits per heavy atom. The summed E-state index contributed by atoms with van der Waals surface area (Å²) in [7, 11) is -3.69. The van der Waals surface area contributed by atoms with Crippen LogP contribution in [0.4, 0.5) is 5.69 Å². The van der Waals surface area contributed by atoms with Gasteiger partial charge in [-0.3, -0.25) is 4.72 Å². The molecule has 2 aromatic rings. The van der Waals surface area contributed by atoms with Gasteiger partial charge in [-0.1, -0.05) is 27.5 Å². The van der Waals surface area contributed by atoms with Crippen molar-refractivity contribution in [1.29, 1.82) is 0 Å². The topological polar surface area (TPSA) is 59.1 Å². The first-order valence-corrected chi connectivity index (χ1v) is 8.42. The molecule has 4 nitrogen and oxygen atoms in total. The Morgan fingerprint density at radius 3 is 2.53 bits per heavy atom. The van der Waals surface area contributed by atoms with Gasteiger partial charge in [0, 0.05) is 8.95 Å². The van der Waals surface area contributed by atoms with Crippen LogP contribution in [0.1, 0.15) is 0 Å². The minimum absolute atomic E-state index is 0.136. The van der Waals surface area contributed by atoms with Gasteiger partial charge in [0.2, 0.25) is 0 Å². The summed E-state index contributed by atoms with van der Waals surface area (Å²) in [6.45, 7) is 0. The fraction of sp³-hybridized carbons (Fsp3) is 0. The lowest BCUT2D eigenvalue weighted by atomic mass is 10.4. The largest absolute Gasteiger partial charge is 0.278 e. The average Bonchev–Trinajstić information content (AvgIpc) is 2.35. The Bertz CT molecular complexity index is 705. The number of rotatable bonds is 3. The van der Waals surface area contributed by atoms with Crippen molar-refractivity contribution in [2.45, 2.75) is 4.90 Å². The normalized spacial score (nSPS) is 11.3. The first-order valence-electron chi connectivity index (χ1n) is 4.98. The van der Waals surface area contributed by atoms with Crippen molar-refractivity contribution < 1.29 is 8.42 Å². The van der Waals surface area contributed by atoms with Gasteiger partial charge in [-0.15, -0.1) is 0 Å². The molecule has 8 heteroatoms. The van der Waals surface area contributed by atoms with E-state index < -0.39 is 10.0 Å². The Morgan fingerprint density at radius 2 is 1.89 bits per heavy atom. The summed E-state index contributed by atoms with van der Waals surface area (Å²) >= 11 is 12.1. The molecule has 0 fully saturated rings. The highest BCUT2D eigenvalue weighted by Crippen LogP contribution is 2.27. The molecular formula is C11H7Br2ClN2O2S. The maximum atomic E-state index is 12.2. The highest BCUT2D eigenvalue weighted by Gasteiger charge is 2.18. The van der Waals surface area contributed by atoms with E-state index in [-0.39, 0.29) is 4.90 Å². The van der Waals surface area contributed by atoms with Crippen LogP contribution in [-0.4, -0.2) is 13.4 Å². The molecule has 0 atom stereocenters. The van der Waals surface area contributed by atoms with E-state index in [9.17, 15) is 8.42 Å². The van der Waals surface area contributed by atoms with Crippen LogP contribution in [0.2, 0.25) is 5.15 Å². The molecule has 1 N–H and O–H groups in total. The fourth-order valence-corrected chi connectivity index (χ4v) is 3.99. The van der Waals surface area contributed by atoms with Crippen molar-refractivity contribution in [2.75, 3.05) is 4.72 Å². The third-order valence-corrected chi connectivity index (χ3v) is 5.25. The standard InChI is InChI=1S/C11H7Br2ClN2O2S/c12-7-1-3-9(13)10(5-7)19(17,18)16-8-2-4-11(14)15-6-8/h1-6,16H. The van der Waals surface area contributed by atoms with Crippen LogP contribution in [0.5, 0.6) is 0 Å². The molecule has 2 rings (SSSR count). The summed E-state index contributed by atoms with van der Waals surface area (Å²) in [5.74, 6) is 0. The summed E-state index contributed by atoms with van der Waals surface area (Å²) in [6.07, 6.45) is 1.35. The van der Waals surface area contributed by atoms with Crippen LogP contribution in [0, 0.1) is 0 Å². The quantitative estimate of drug-likeness (QED) is 0.753. The van der Waals surface area contributed by atoms with Crippen LogP contribution < -0.4 is 4.72 Å². The molecule has 0 unspecified atom stereocenters. The summed E-state index contributed by atoms with van der Waals surface area (Å²) < 4.78 is 28.1. The Kier molecular flexibility index (Phi) is 4.50. The molecule has 0 amide bonds. The number of hydrogen-bond acceptors (Lipinski definition) is 3. The van der Waals surface area contributed by atoms with Gasteiger partial charge in [0.1, 0.15) is 10.0 Å². The van der Waals surface area contributed by atoms with Crippen molar-refractivity contribution >= 4 is 59.2 Å². The van der Waals surface area contributed by atoms with E-state index in [1.165, 1.54) is 18.3 Å². The zero-order chi connectivity index (χ0) is 14.0. The third kappa shape index (κ3) is 3.68. The van der Waals surface area contributed by atoms with E-state index in [2.05, 4.69) is 41.6 Å². The van der Waals surface area contributed by atoms with E-state index in [0.717, 1.165) is 0 Å². The monoisotopic (exact) mass is 424 g/mol. The number of hydrogen-bond donors (Lipinski definition) is 1. The molecule has 1 aromatic heterocycles. The Labute approximate surface area is 132 Å². The van der Waals surface area contributed by atoms with E-state index in [0.29, 0.717) is 19.8 Å². The van der Waals surface area contributed by atoms with Crippen LogP contribution in [-0.2, 0) is 10.0 Å². The summed E-state index contributed by atoms with van der Waals surface area (Å²) in [4.78, 5) is 3.95. The van der Waals surface area contributed by atoms with E-state index in [1.807, 2.05) is 0 Å². The van der Waals surface area contributed by atoms with Gasteiger partial charge in [-0.05, 0) is 46.3 Å². The maximum Gasteiger partial charge on any atom is 0.263 e. The van der Waals surface area contributed by atoms with Gasteiger partial charge >= 0.3 is 0 Å². The predicted octanol–water partition coefficient (Wildman–Crippen LogP) is 4.06. The Hall–Kier alpha value is -0.630. The van der Waals surface area contributed by atoms with Crippen molar-refractivity contribution in [3.05, 3.63) is 50.6 Å². The lowest BCUT2D eigenvalue weighted by molar-refractivity contribution is 0.600. The Balaban J connectivity index is 2.37. The molecule has 0 aliphatic carbocycles. The van der Waals surface area contributed by atoms with Crippen LogP contribution in [0.15, 0.2) is 50.4 Å². The number of nitrogens with zero attached hydrogens (tertiary/aromatic N) is 1. The number of pyridine rings is 1. The zero-order valence-electron chi connectivity index (χ0n) is 9.27. The average molecular weight is 427 g/mol. The summed E-state index contributed by atoms with van der Waals surface area (Å²) in [6, 6.07) is 7.95. The predicted molar refractivity (Wildman–Crippen MR) is 81.9 cm³/mol. The number of halogens is 3. The first kappa shape index (κ1) is 14.8. The second-order valence-electron chi connectivity index (χ2n) is 3.55. The molecule has 1 heterocycles. The van der Waals surface area contributed by atoms with Crippen LogP contribution in [0.3, 0.4) is 0 Å². The molecule has 0 spiro atoms. The minimum atomic E-state index is -3.69. The van der Waals surface area contributed by atoms with Gasteiger partial charge in [-0.25, -0.2) is 13.4 Å². The highest BCUT2D eigenvalue weighted by atomic mass is 79.9. The smallest absolute Gasteiger partial charge is 0.263 e. The molecule has 0 saturated carbocycles. The van der Waals surface area contributed by atoms with Gasteiger partial charge in [0.05, 0.1) is 11.9 Å². The molecule has 0 aliphatic rings. The van der Waals surface area contributed by atoms with Gasteiger partial charge in [-0.2, -0.15) is 0 Å². The number of aromatic nitrogens is 1. The molecule has 19 heavy (non-hydrogen) atoms. The number of sulfonamides is 1. The molecule has 0 radical (unpaired) electrons. The molecule has 0 saturated heterocycles. The lowest BCUT2D eigenvalue weighted by Crippen LogP contribution is -2.13. The highest BCUT2D eigenvalue weighted by molar-refractivity contribution is 9.11. The molecule has 100 valence electrons. The molecule has 0 bridgehead atoms. The summed E-state index contributed by atoms with van der Waals surface area (Å²) in [5, 5.41) is 0.298. The number of benzene rings is 1. The lowest BCUT2D eigenvalue weighted by Gasteiger charge is -2.09. The number of anilines is 1. The van der Waals surface area contributed by atoms with Gasteiger partial charge < -0.3 is 0 Å². The first-order chi connectivity index (χ1) is 8.88. The van der Waals surface area contributed by atoms with Crippen molar-refractivity contribution in [3.8, 4) is 0 Å². The third-order valence-electron chi connectivity index (χ3n) is 2.16. The summed E-state index contributed by atoms with van der Waals surface area (Å²) in [5.41, 5.74) is 0.344. The second kappa shape index (κ2) is 5.78. The van der Waals surface area contributed by atoms with E-state index >= 15 is 0 Å². The van der Waals surface area contributed by atoms with Gasteiger partial charge in [0.15, 0.2) is 0 Å². The van der Waals surface area contributed by atoms with E-state index in [4.69, 9.17) is 11.6 Å². The number of nitrogens with one attached hydrogen (secondary N) is 1. The van der Waals surface area contributed by atoms with Crippen molar-refractivity contribution in [2.24, 2.45) is 0 Å². The molecule has 0 aliphatic heterocycles. The fourth-order valence-electron chi connectivity index (χ4n) is 1.33. The second-order valence-corrected chi connectivity index (χ2v) is 7.36. The van der Waals surface area contributed by atoms with E-state index in [1.54, 1.807) is 18.2 Å². The SMILES string of the molecule is O=S(=O)(Nc1ccc(Cl)nc1)c1cc(Br)ccc1Br. The van der Waals surface area contributed by atoms with Crippen molar-refractivity contribution in [3.63, 3.8) is 0 Å². The van der Waals surface area contributed by atoms with Gasteiger partial charge in [0.25, 0.3) is 10.0 Å². The molecular weight excluding hydrogens is 419 g/mol. The molecule has 1 aromatic carbocycles. The van der Waals surface area contributed by atoms with Crippen LogP contribution in [0.25, 0.3) is 0 Å². The minimum Gasteiger partial charge on any atom is -0.278 e. The van der Waals surface area contributed by atoms with Crippen LogP contribution >= 0.6 is 43.5 Å². The van der Waals surface area contributed by atoms with Crippen molar-refractivity contribution in [1.82, 2.24) is 4.98 Å². The zero-order valence-corrected chi connectivity index (χ0v) is 14.0. The maximum absolute atomic E-state index is 12.2.